The number of fused-ring (bicyclic) bond motifs is 4. The molecule has 5 amide bonds. The Hall–Kier alpha value is -8.18. The molecule has 0 unspecified atom stereocenters. The van der Waals surface area contributed by atoms with Gasteiger partial charge in [-0.15, -0.1) is 0 Å². The number of hydrogen-bond donors (Lipinski definition) is 2. The molecule has 5 aliphatic heterocycles. The van der Waals surface area contributed by atoms with Crippen molar-refractivity contribution in [2.75, 3.05) is 45.8 Å². The van der Waals surface area contributed by atoms with Crippen molar-refractivity contribution in [1.82, 2.24) is 20.0 Å². The number of methoxy groups -OCH3 is 2. The van der Waals surface area contributed by atoms with Crippen molar-refractivity contribution in [3.63, 3.8) is 0 Å². The average Bonchev–Trinajstić information content (AvgIpc) is 4.16. The number of nitrogens with zero attached hydrogens (tertiary/aromatic N) is 5. The maximum atomic E-state index is 14.1. The second-order valence-electron chi connectivity index (χ2n) is 20.7. The smallest absolute Gasteiger partial charge is 0.260 e. The zero-order chi connectivity index (χ0) is 55.0. The van der Waals surface area contributed by atoms with Crippen molar-refractivity contribution >= 4 is 76.0 Å². The Labute approximate surface area is 455 Å². The maximum Gasteiger partial charge on any atom is 0.260 e. The van der Waals surface area contributed by atoms with Gasteiger partial charge in [-0.05, 0) is 96.5 Å². The number of anilines is 1. The third-order valence-electron chi connectivity index (χ3n) is 14.8. The first-order valence-electron chi connectivity index (χ1n) is 26.8. The van der Waals surface area contributed by atoms with E-state index in [0.717, 1.165) is 59.3 Å². The third kappa shape index (κ3) is 12.3. The molecule has 17 nitrogen and oxygen atoms in total. The van der Waals surface area contributed by atoms with Gasteiger partial charge in [-0.25, -0.2) is 0 Å². The van der Waals surface area contributed by atoms with Crippen LogP contribution in [0.25, 0.3) is 11.1 Å². The van der Waals surface area contributed by atoms with Crippen LogP contribution >= 0.6 is 0 Å². The number of imide groups is 1. The van der Waals surface area contributed by atoms with Crippen molar-refractivity contribution in [2.24, 2.45) is 21.8 Å². The first kappa shape index (κ1) is 54.6. The maximum absolute atomic E-state index is 14.1. The molecule has 0 aliphatic carbocycles. The number of rotatable bonds is 24. The van der Waals surface area contributed by atoms with Crippen LogP contribution in [0.5, 0.6) is 23.0 Å². The minimum Gasteiger partial charge on any atom is -0.497 e. The van der Waals surface area contributed by atoms with Gasteiger partial charge in [-0.1, -0.05) is 57.9 Å². The zero-order valence-corrected chi connectivity index (χ0v) is 45.1. The van der Waals surface area contributed by atoms with Crippen molar-refractivity contribution in [1.29, 1.82) is 0 Å². The lowest BCUT2D eigenvalue weighted by Crippen LogP contribution is -2.42. The Morgan fingerprint density at radius 1 is 0.667 bits per heavy atom. The molecule has 0 saturated heterocycles. The van der Waals surface area contributed by atoms with Crippen LogP contribution in [0.4, 0.5) is 17.1 Å². The summed E-state index contributed by atoms with van der Waals surface area (Å²) < 4.78 is 23.4. The van der Waals surface area contributed by atoms with Crippen LogP contribution in [0.1, 0.15) is 110 Å². The molecule has 2 N–H and O–H groups in total. The van der Waals surface area contributed by atoms with Crippen LogP contribution in [0.3, 0.4) is 0 Å². The highest BCUT2D eigenvalue weighted by molar-refractivity contribution is 6.13. The molecule has 0 radical (unpaired) electrons. The summed E-state index contributed by atoms with van der Waals surface area (Å²) in [6, 6.07) is 21.4. The fourth-order valence-electron chi connectivity index (χ4n) is 10.3. The van der Waals surface area contributed by atoms with Gasteiger partial charge in [0.2, 0.25) is 5.91 Å². The van der Waals surface area contributed by atoms with Crippen LogP contribution in [-0.2, 0) is 19.2 Å². The summed E-state index contributed by atoms with van der Waals surface area (Å²) in [6.07, 6.45) is 15.1. The second-order valence-corrected chi connectivity index (χ2v) is 20.7. The van der Waals surface area contributed by atoms with Gasteiger partial charge in [0.05, 0.1) is 68.1 Å². The minimum absolute atomic E-state index is 0.0154. The molecule has 4 aromatic carbocycles. The van der Waals surface area contributed by atoms with Crippen molar-refractivity contribution in [3.05, 3.63) is 125 Å². The molecule has 0 saturated carbocycles. The molecular formula is C61H67N7O10. The number of unbranched alkanes of at least 4 members (excludes halogenated alkanes) is 3. The molecule has 4 aromatic rings. The summed E-state index contributed by atoms with van der Waals surface area (Å²) in [5.41, 5.74) is 7.29. The lowest BCUT2D eigenvalue weighted by atomic mass is 9.92. The summed E-state index contributed by atoms with van der Waals surface area (Å²) in [5.74, 6) is 0.630. The number of Topliss-reactive ketones (excluding diaryl/α,β-unsaturated/α-hetero) is 1. The Bertz CT molecular complexity index is 3100. The summed E-state index contributed by atoms with van der Waals surface area (Å²) in [5, 5.41) is 6.35. The lowest BCUT2D eigenvalue weighted by Gasteiger charge is -2.23. The van der Waals surface area contributed by atoms with Crippen LogP contribution in [-0.4, -0.2) is 121 Å². The predicted octanol–water partition coefficient (Wildman–Crippen LogP) is 9.44. The highest BCUT2D eigenvalue weighted by Crippen LogP contribution is 2.41. The molecule has 5 heterocycles. The molecule has 4 atom stereocenters. The number of aliphatic imine (C=N–C) groups is 2. The number of carbonyl (C=O) groups excluding carboxylic acids is 6. The highest BCUT2D eigenvalue weighted by atomic mass is 16.5. The van der Waals surface area contributed by atoms with Gasteiger partial charge in [-0.3, -0.25) is 43.7 Å². The third-order valence-corrected chi connectivity index (χ3v) is 14.8. The number of aryl methyl sites for hydroxylation is 1. The van der Waals surface area contributed by atoms with Crippen molar-refractivity contribution < 1.29 is 47.7 Å². The van der Waals surface area contributed by atoms with Gasteiger partial charge >= 0.3 is 0 Å². The van der Waals surface area contributed by atoms with Crippen LogP contribution in [0.15, 0.2) is 107 Å². The first-order valence-corrected chi connectivity index (χ1v) is 26.8. The van der Waals surface area contributed by atoms with Crippen molar-refractivity contribution in [3.8, 4) is 23.0 Å². The summed E-state index contributed by atoms with van der Waals surface area (Å²) in [7, 11) is 3.16. The van der Waals surface area contributed by atoms with Gasteiger partial charge in [0.1, 0.15) is 11.5 Å². The summed E-state index contributed by atoms with van der Waals surface area (Å²) in [4.78, 5) is 92.3. The molecule has 0 fully saturated rings. The molecule has 0 aromatic heterocycles. The van der Waals surface area contributed by atoms with Gasteiger partial charge in [0, 0.05) is 92.9 Å². The van der Waals surface area contributed by atoms with E-state index < -0.39 is 5.92 Å². The number of nitrogens with one attached hydrogen (secondary N) is 2. The summed E-state index contributed by atoms with van der Waals surface area (Å²) in [6.45, 7) is 9.34. The van der Waals surface area contributed by atoms with E-state index in [2.05, 4.69) is 10.6 Å². The van der Waals surface area contributed by atoms with Crippen molar-refractivity contribution in [2.45, 2.75) is 97.2 Å². The number of ether oxygens (including phenoxy) is 4. The Balaban J connectivity index is 0.728. The van der Waals surface area contributed by atoms with Crippen LogP contribution < -0.4 is 29.6 Å². The number of hydrogen-bond acceptors (Lipinski definition) is 13. The fourth-order valence-corrected chi connectivity index (χ4v) is 10.3. The van der Waals surface area contributed by atoms with Gasteiger partial charge in [0.25, 0.3) is 23.6 Å². The normalized spacial score (nSPS) is 18.0. The number of benzene rings is 4. The number of carbonyl (C=O) groups is 6. The Morgan fingerprint density at radius 3 is 1.82 bits per heavy atom. The first-order chi connectivity index (χ1) is 37.7. The Kier molecular flexibility index (Phi) is 17.1. The van der Waals surface area contributed by atoms with E-state index in [0.29, 0.717) is 91.0 Å². The van der Waals surface area contributed by atoms with E-state index in [9.17, 15) is 28.8 Å². The summed E-state index contributed by atoms with van der Waals surface area (Å²) >= 11 is 0. The van der Waals surface area contributed by atoms with E-state index in [1.54, 1.807) is 42.2 Å². The molecule has 406 valence electrons. The Morgan fingerprint density at radius 2 is 1.23 bits per heavy atom. The molecule has 78 heavy (non-hydrogen) atoms. The van der Waals surface area contributed by atoms with E-state index in [1.807, 2.05) is 100 Å². The monoisotopic (exact) mass is 1060 g/mol. The quantitative estimate of drug-likeness (QED) is 0.0501. The van der Waals surface area contributed by atoms with E-state index >= 15 is 0 Å². The fraction of sp³-hybridized carbons (Fsp3) is 0.377. The highest BCUT2D eigenvalue weighted by Gasteiger charge is 2.35. The molecule has 9 rings (SSSR count). The van der Waals surface area contributed by atoms with Crippen LogP contribution in [0, 0.1) is 18.8 Å². The van der Waals surface area contributed by atoms with E-state index in [1.165, 1.54) is 24.2 Å². The number of amides is 5. The van der Waals surface area contributed by atoms with Gasteiger partial charge < -0.3 is 39.4 Å². The lowest BCUT2D eigenvalue weighted by molar-refractivity contribution is -0.136. The van der Waals surface area contributed by atoms with Crippen LogP contribution in [0.2, 0.25) is 0 Å². The SMILES string of the molecule is COc1ccc(C2=CN3C(=O)c4cc(C)c(OCCCOc5cc6c(cc5OC)C(=O)N5C=C(c7ccc(NC(=O)[C@H](C)CC(=O)[C@@H](NCCCCCCN8C(=O)C=CC8=O)C(C)C)cc7)C[C@H]5C=N6)cc4N=C[C@@H]3C2)cc1. The van der Waals surface area contributed by atoms with Gasteiger partial charge in [-0.2, -0.15) is 0 Å². The average molecular weight is 1060 g/mol. The standard InChI is InChI=1S/C61H67N7O10/c1-37(2)58(62-22-9-7-8-10-23-66-56(70)20-21-57(66)71)52(69)27-39(4)59(72)65-44-16-12-40(13-17-44)42-28-46-34-64-51-32-55(54(76-6)30-49(51)61(74)68(46)35-42)78-25-11-24-77-53-31-50-48(26-38(53)3)60(73)67-36-43(29-45(67)33-63-50)41-14-18-47(75-5)19-15-41/h12-21,26,30-37,39,45-46,58,62H,7-11,22-25,27-29H2,1-6H3,(H,65,72)/t39-,45+,46+,58+/m1/s1. The largest absolute Gasteiger partial charge is 0.497 e. The van der Waals surface area contributed by atoms with Gasteiger partial charge in [0.15, 0.2) is 17.3 Å². The molecule has 17 heteroatoms. The number of ketones is 1. The molecule has 5 aliphatic rings. The van der Waals surface area contributed by atoms with E-state index in [-0.39, 0.29) is 65.8 Å². The molecule has 0 spiro atoms. The molecule has 0 bridgehead atoms. The molecular weight excluding hydrogens is 991 g/mol. The second kappa shape index (κ2) is 24.4. The minimum atomic E-state index is -0.551. The topological polar surface area (TPSA) is 198 Å². The predicted molar refractivity (Wildman–Crippen MR) is 299 cm³/mol. The zero-order valence-electron chi connectivity index (χ0n) is 45.1. The van der Waals surface area contributed by atoms with E-state index in [4.69, 9.17) is 28.9 Å².